The quantitative estimate of drug-likeness (QED) is 0.724. The molecular weight excluding hydrogens is 296 g/mol. The number of amides is 1. The summed E-state index contributed by atoms with van der Waals surface area (Å²) in [6, 6.07) is 6.31. The number of hydrogen-bond acceptors (Lipinski definition) is 4. The number of rotatable bonds is 5. The van der Waals surface area contributed by atoms with E-state index in [1.807, 2.05) is 18.7 Å². The van der Waals surface area contributed by atoms with Crippen LogP contribution >= 0.6 is 12.4 Å². The average Bonchev–Trinajstić information content (AvgIpc) is 2.38. The molecule has 0 saturated carbocycles. The van der Waals surface area contributed by atoms with Gasteiger partial charge in [-0.15, -0.1) is 12.4 Å². The van der Waals surface area contributed by atoms with E-state index in [1.54, 1.807) is 12.1 Å². The molecule has 0 aliphatic heterocycles. The summed E-state index contributed by atoms with van der Waals surface area (Å²) in [4.78, 5) is 22.5. The number of phenolic OH excluding ortho intramolecular Hbond substituents is 1. The molecule has 0 heterocycles. The second-order valence-corrected chi connectivity index (χ2v) is 4.08. The molecule has 120 valence electrons. The molecule has 6 nitrogen and oxygen atoms in total. The van der Waals surface area contributed by atoms with E-state index in [9.17, 15) is 9.59 Å². The third kappa shape index (κ3) is 11.7. The van der Waals surface area contributed by atoms with Gasteiger partial charge in [0, 0.05) is 12.6 Å². The summed E-state index contributed by atoms with van der Waals surface area (Å²) < 4.78 is 0. The highest BCUT2D eigenvalue weighted by molar-refractivity contribution is 5.88. The van der Waals surface area contributed by atoms with Crippen LogP contribution in [-0.4, -0.2) is 46.6 Å². The van der Waals surface area contributed by atoms with Crippen LogP contribution in [0.1, 0.15) is 20.8 Å². The van der Waals surface area contributed by atoms with Crippen molar-refractivity contribution in [2.24, 2.45) is 0 Å². The highest BCUT2D eigenvalue weighted by Gasteiger charge is 2.02. The van der Waals surface area contributed by atoms with Crippen molar-refractivity contribution in [2.45, 2.75) is 20.8 Å². The molecule has 0 aromatic heterocycles. The monoisotopic (exact) mass is 318 g/mol. The Morgan fingerprint density at radius 3 is 1.90 bits per heavy atom. The molecular formula is C14H23ClN2O4. The highest BCUT2D eigenvalue weighted by atomic mass is 35.5. The van der Waals surface area contributed by atoms with E-state index in [0.717, 1.165) is 13.1 Å². The summed E-state index contributed by atoms with van der Waals surface area (Å²) >= 11 is 0. The summed E-state index contributed by atoms with van der Waals surface area (Å²) in [6.45, 7) is 7.12. The summed E-state index contributed by atoms with van der Waals surface area (Å²) in [6.07, 6.45) is 0. The first-order valence-electron chi connectivity index (χ1n) is 6.39. The number of halogens is 1. The molecule has 1 aromatic rings. The fourth-order valence-electron chi connectivity index (χ4n) is 1.39. The number of aliphatic carboxylic acids is 1. The lowest BCUT2D eigenvalue weighted by Crippen LogP contribution is -2.29. The third-order valence-corrected chi connectivity index (χ3v) is 2.44. The summed E-state index contributed by atoms with van der Waals surface area (Å²) in [5.41, 5.74) is 0.690. The van der Waals surface area contributed by atoms with Gasteiger partial charge in [-0.1, -0.05) is 13.8 Å². The molecule has 7 heteroatoms. The van der Waals surface area contributed by atoms with E-state index >= 15 is 0 Å². The lowest BCUT2D eigenvalue weighted by atomic mass is 10.3. The molecule has 0 aliphatic carbocycles. The molecule has 0 unspecified atom stereocenters. The van der Waals surface area contributed by atoms with Crippen LogP contribution in [0.4, 0.5) is 5.69 Å². The molecule has 0 radical (unpaired) electrons. The molecule has 0 fully saturated rings. The van der Waals surface area contributed by atoms with Crippen LogP contribution in [0.2, 0.25) is 0 Å². The topological polar surface area (TPSA) is 89.9 Å². The maximum absolute atomic E-state index is 10.5. The predicted molar refractivity (Wildman–Crippen MR) is 85.1 cm³/mol. The number of anilines is 1. The largest absolute Gasteiger partial charge is 0.508 e. The van der Waals surface area contributed by atoms with Crippen LogP contribution in [0.25, 0.3) is 0 Å². The molecule has 1 rings (SSSR count). The summed E-state index contributed by atoms with van der Waals surface area (Å²) in [7, 11) is 0. The number of nitrogens with one attached hydrogen (secondary N) is 1. The van der Waals surface area contributed by atoms with E-state index in [4.69, 9.17) is 10.2 Å². The van der Waals surface area contributed by atoms with Crippen molar-refractivity contribution < 1.29 is 19.8 Å². The highest BCUT2D eigenvalue weighted by Crippen LogP contribution is 2.13. The van der Waals surface area contributed by atoms with Crippen LogP contribution in [0, 0.1) is 0 Å². The molecule has 0 spiro atoms. The van der Waals surface area contributed by atoms with Crippen molar-refractivity contribution in [1.82, 2.24) is 4.90 Å². The van der Waals surface area contributed by atoms with Crippen LogP contribution in [-0.2, 0) is 9.59 Å². The van der Waals surface area contributed by atoms with Crippen molar-refractivity contribution in [3.05, 3.63) is 24.3 Å². The number of carboxylic acid groups (broad SMARTS) is 1. The number of carbonyl (C=O) groups is 2. The number of benzene rings is 1. The Hall–Kier alpha value is -1.79. The molecule has 0 aliphatic rings. The van der Waals surface area contributed by atoms with Gasteiger partial charge in [-0.05, 0) is 37.4 Å². The van der Waals surface area contributed by atoms with E-state index in [1.165, 1.54) is 19.1 Å². The third-order valence-electron chi connectivity index (χ3n) is 2.44. The molecule has 1 aromatic carbocycles. The maximum atomic E-state index is 10.5. The average molecular weight is 319 g/mol. The molecule has 0 bridgehead atoms. The van der Waals surface area contributed by atoms with Gasteiger partial charge in [-0.2, -0.15) is 0 Å². The van der Waals surface area contributed by atoms with Crippen molar-refractivity contribution >= 4 is 30.0 Å². The van der Waals surface area contributed by atoms with Gasteiger partial charge >= 0.3 is 5.97 Å². The van der Waals surface area contributed by atoms with Crippen LogP contribution in [0.3, 0.4) is 0 Å². The minimum absolute atomic E-state index is 0. The Labute approximate surface area is 131 Å². The van der Waals surface area contributed by atoms with Gasteiger partial charge < -0.3 is 15.5 Å². The molecule has 3 N–H and O–H groups in total. The Kier molecular flexibility index (Phi) is 12.3. The lowest BCUT2D eigenvalue weighted by Gasteiger charge is -2.13. The van der Waals surface area contributed by atoms with Crippen molar-refractivity contribution in [2.75, 3.05) is 25.0 Å². The first-order valence-corrected chi connectivity index (χ1v) is 6.39. The zero-order chi connectivity index (χ0) is 15.5. The Morgan fingerprint density at radius 2 is 1.62 bits per heavy atom. The number of likely N-dealkylation sites (N-methyl/N-ethyl adjacent to an activating group) is 1. The second-order valence-electron chi connectivity index (χ2n) is 4.08. The number of hydrogen-bond donors (Lipinski definition) is 3. The Balaban J connectivity index is 0. The minimum atomic E-state index is -0.751. The van der Waals surface area contributed by atoms with Gasteiger partial charge in [0.2, 0.25) is 5.91 Å². The second kappa shape index (κ2) is 12.0. The fourth-order valence-corrected chi connectivity index (χ4v) is 1.39. The van der Waals surface area contributed by atoms with Gasteiger partial charge in [0.05, 0.1) is 6.54 Å². The first kappa shape index (κ1) is 21.5. The van der Waals surface area contributed by atoms with Crippen molar-refractivity contribution in [3.8, 4) is 5.75 Å². The smallest absolute Gasteiger partial charge is 0.317 e. The molecule has 21 heavy (non-hydrogen) atoms. The number of phenols is 1. The maximum Gasteiger partial charge on any atom is 0.317 e. The van der Waals surface area contributed by atoms with Crippen molar-refractivity contribution in [3.63, 3.8) is 0 Å². The zero-order valence-electron chi connectivity index (χ0n) is 12.5. The normalized spacial score (nSPS) is 9.14. The van der Waals surface area contributed by atoms with E-state index in [2.05, 4.69) is 5.32 Å². The lowest BCUT2D eigenvalue weighted by molar-refractivity contribution is -0.138. The van der Waals surface area contributed by atoms with Crippen LogP contribution < -0.4 is 5.32 Å². The van der Waals surface area contributed by atoms with Crippen molar-refractivity contribution in [1.29, 1.82) is 0 Å². The van der Waals surface area contributed by atoms with Gasteiger partial charge in [-0.25, -0.2) is 0 Å². The van der Waals surface area contributed by atoms with E-state index in [-0.39, 0.29) is 30.6 Å². The van der Waals surface area contributed by atoms with Gasteiger partial charge in [-0.3, -0.25) is 14.5 Å². The molecule has 0 saturated heterocycles. The number of carboxylic acids is 1. The molecule has 1 amide bonds. The van der Waals surface area contributed by atoms with Gasteiger partial charge in [0.15, 0.2) is 0 Å². The summed E-state index contributed by atoms with van der Waals surface area (Å²) in [5.74, 6) is -0.673. The predicted octanol–water partition coefficient (Wildman–Crippen LogP) is 2.19. The number of carbonyl (C=O) groups excluding carboxylic acids is 1. The van der Waals surface area contributed by atoms with Gasteiger partial charge in [0.1, 0.15) is 5.75 Å². The minimum Gasteiger partial charge on any atom is -0.508 e. The van der Waals surface area contributed by atoms with E-state index < -0.39 is 5.97 Å². The van der Waals surface area contributed by atoms with Gasteiger partial charge in [0.25, 0.3) is 0 Å². The van der Waals surface area contributed by atoms with Crippen LogP contribution in [0.15, 0.2) is 24.3 Å². The Bertz CT molecular complexity index is 419. The first-order chi connectivity index (χ1) is 9.38. The van der Waals surface area contributed by atoms with E-state index in [0.29, 0.717) is 5.69 Å². The zero-order valence-corrected chi connectivity index (χ0v) is 13.3. The fraction of sp³-hybridized carbons (Fsp3) is 0.429. The number of nitrogens with zero attached hydrogens (tertiary/aromatic N) is 1. The standard InChI is InChI=1S/C8H9NO2.C6H13NO2.ClH/c1-6(10)9-7-2-4-8(11)5-3-7;1-3-7(4-2)5-6(8)9;/h2-5,11H,1H3,(H,9,10);3-5H2,1-2H3,(H,8,9);1H. The summed E-state index contributed by atoms with van der Waals surface area (Å²) in [5, 5.41) is 19.8. The Morgan fingerprint density at radius 1 is 1.14 bits per heavy atom. The van der Waals surface area contributed by atoms with Crippen LogP contribution in [0.5, 0.6) is 5.75 Å². The SMILES string of the molecule is CC(=O)Nc1ccc(O)cc1.CCN(CC)CC(=O)O.Cl. The molecule has 0 atom stereocenters. The number of aromatic hydroxyl groups is 1.